The summed E-state index contributed by atoms with van der Waals surface area (Å²) in [5, 5.41) is 2.98. The summed E-state index contributed by atoms with van der Waals surface area (Å²) in [6.07, 6.45) is 1.18. The molecule has 1 atom stereocenters. The smallest absolute Gasteiger partial charge is 0.222 e. The molecule has 6 nitrogen and oxygen atoms in total. The number of hydrogen-bond acceptors (Lipinski definition) is 4. The number of nitrogens with zero attached hydrogens (tertiary/aromatic N) is 3. The molecule has 1 aromatic carbocycles. The van der Waals surface area contributed by atoms with Crippen LogP contribution in [0.3, 0.4) is 0 Å². The van der Waals surface area contributed by atoms with Crippen LogP contribution < -0.4 is 10.2 Å². The Kier molecular flexibility index (Phi) is 8.89. The average molecular weight is 407 g/mol. The minimum atomic E-state index is -0.302. The molecule has 2 amide bonds. The molecule has 1 aliphatic heterocycles. The highest BCUT2D eigenvalue weighted by atomic mass is 19.1. The van der Waals surface area contributed by atoms with Gasteiger partial charge in [0.25, 0.3) is 0 Å². The van der Waals surface area contributed by atoms with Crippen LogP contribution in [0.15, 0.2) is 18.2 Å². The van der Waals surface area contributed by atoms with Crippen molar-refractivity contribution in [3.8, 4) is 0 Å². The normalized spacial score (nSPS) is 15.8. The highest BCUT2D eigenvalue weighted by molar-refractivity contribution is 5.79. The van der Waals surface area contributed by atoms with Crippen molar-refractivity contribution in [3.05, 3.63) is 29.6 Å². The summed E-state index contributed by atoms with van der Waals surface area (Å²) in [5.74, 6) is -0.333. The van der Waals surface area contributed by atoms with Gasteiger partial charge in [0.1, 0.15) is 5.82 Å². The molecule has 162 valence electrons. The van der Waals surface area contributed by atoms with Crippen molar-refractivity contribution in [2.75, 3.05) is 51.2 Å². The molecule has 29 heavy (non-hydrogen) atoms. The van der Waals surface area contributed by atoms with Gasteiger partial charge in [0, 0.05) is 63.4 Å². The number of halogens is 1. The van der Waals surface area contributed by atoms with Crippen LogP contribution in [0, 0.1) is 5.82 Å². The number of nitrogens with one attached hydrogen (secondary N) is 1. The summed E-state index contributed by atoms with van der Waals surface area (Å²) in [6.45, 7) is 10.8. The Labute approximate surface area is 174 Å². The number of anilines is 1. The highest BCUT2D eigenvalue weighted by Gasteiger charge is 2.21. The van der Waals surface area contributed by atoms with Gasteiger partial charge in [0.15, 0.2) is 0 Å². The molecule has 1 aliphatic rings. The molecule has 1 N–H and O–H groups in total. The number of carbonyl (C=O) groups excluding carboxylic acids is 2. The van der Waals surface area contributed by atoms with E-state index in [2.05, 4.69) is 22.2 Å². The molecule has 0 saturated carbocycles. The standard InChI is InChI=1S/C22H35FN4O2/c1-5-26(6-2)22(29)9-7-8-21(28)24-17(3)19-16-18(23)10-11-20(19)27-14-12-25(4)13-15-27/h10-11,16-17H,5-9,12-15H2,1-4H3,(H,24,28). The van der Waals surface area contributed by atoms with Crippen LogP contribution >= 0.6 is 0 Å². The molecule has 2 rings (SSSR count). The first-order valence-corrected chi connectivity index (χ1v) is 10.7. The van der Waals surface area contributed by atoms with Gasteiger partial charge < -0.3 is 20.0 Å². The van der Waals surface area contributed by atoms with E-state index in [0.29, 0.717) is 25.9 Å². The van der Waals surface area contributed by atoms with Crippen molar-refractivity contribution in [1.82, 2.24) is 15.1 Å². The van der Waals surface area contributed by atoms with E-state index in [9.17, 15) is 14.0 Å². The van der Waals surface area contributed by atoms with Crippen LogP contribution in [0.5, 0.6) is 0 Å². The zero-order valence-electron chi connectivity index (χ0n) is 18.2. The Morgan fingerprint density at radius 2 is 1.79 bits per heavy atom. The second-order valence-corrected chi connectivity index (χ2v) is 7.70. The number of piperazine rings is 1. The van der Waals surface area contributed by atoms with E-state index in [1.807, 2.05) is 20.8 Å². The Bertz CT molecular complexity index is 685. The van der Waals surface area contributed by atoms with Crippen LogP contribution in [0.2, 0.25) is 0 Å². The third kappa shape index (κ3) is 6.70. The first kappa shape index (κ1) is 23.1. The summed E-state index contributed by atoms with van der Waals surface area (Å²) < 4.78 is 13.9. The lowest BCUT2D eigenvalue weighted by atomic mass is 10.0. The maximum atomic E-state index is 13.9. The zero-order chi connectivity index (χ0) is 21.4. The number of rotatable bonds is 9. The Morgan fingerprint density at radius 3 is 2.41 bits per heavy atom. The highest BCUT2D eigenvalue weighted by Crippen LogP contribution is 2.28. The fraction of sp³-hybridized carbons (Fsp3) is 0.636. The second-order valence-electron chi connectivity index (χ2n) is 7.70. The molecule has 1 heterocycles. The van der Waals surface area contributed by atoms with Crippen LogP contribution in [0.25, 0.3) is 0 Å². The predicted octanol–water partition coefficient (Wildman–Crippen LogP) is 2.79. The van der Waals surface area contributed by atoms with Gasteiger partial charge in [0.05, 0.1) is 6.04 Å². The number of carbonyl (C=O) groups is 2. The van der Waals surface area contributed by atoms with Crippen LogP contribution in [-0.4, -0.2) is 67.9 Å². The van der Waals surface area contributed by atoms with Gasteiger partial charge in [-0.15, -0.1) is 0 Å². The summed E-state index contributed by atoms with van der Waals surface area (Å²) in [6, 6.07) is 4.50. The monoisotopic (exact) mass is 406 g/mol. The van der Waals surface area contributed by atoms with Crippen molar-refractivity contribution in [2.24, 2.45) is 0 Å². The Balaban J connectivity index is 1.94. The maximum absolute atomic E-state index is 13.9. The molecule has 1 fully saturated rings. The van der Waals surface area contributed by atoms with Crippen molar-refractivity contribution in [1.29, 1.82) is 0 Å². The topological polar surface area (TPSA) is 55.9 Å². The van der Waals surface area contributed by atoms with Crippen LogP contribution in [0.1, 0.15) is 51.6 Å². The Hall–Kier alpha value is -2.15. The molecular formula is C22H35FN4O2. The molecule has 0 aliphatic carbocycles. The Morgan fingerprint density at radius 1 is 1.14 bits per heavy atom. The van der Waals surface area contributed by atoms with Gasteiger partial charge in [0.2, 0.25) is 11.8 Å². The molecule has 0 radical (unpaired) electrons. The zero-order valence-corrected chi connectivity index (χ0v) is 18.2. The summed E-state index contributed by atoms with van der Waals surface area (Å²) in [4.78, 5) is 30.7. The first-order chi connectivity index (χ1) is 13.8. The van der Waals surface area contributed by atoms with Gasteiger partial charge in [-0.2, -0.15) is 0 Å². The number of likely N-dealkylation sites (N-methyl/N-ethyl adjacent to an activating group) is 1. The lowest BCUT2D eigenvalue weighted by Gasteiger charge is -2.36. The minimum Gasteiger partial charge on any atom is -0.369 e. The number of amides is 2. The fourth-order valence-corrected chi connectivity index (χ4v) is 3.73. The maximum Gasteiger partial charge on any atom is 0.222 e. The predicted molar refractivity (Wildman–Crippen MR) is 114 cm³/mol. The van der Waals surface area contributed by atoms with Crippen molar-refractivity contribution in [3.63, 3.8) is 0 Å². The summed E-state index contributed by atoms with van der Waals surface area (Å²) in [7, 11) is 2.09. The van der Waals surface area contributed by atoms with Crippen molar-refractivity contribution < 1.29 is 14.0 Å². The van der Waals surface area contributed by atoms with Gasteiger partial charge in [-0.05, 0) is 52.4 Å². The lowest BCUT2D eigenvalue weighted by molar-refractivity contribution is -0.131. The van der Waals surface area contributed by atoms with E-state index in [1.54, 1.807) is 11.0 Å². The van der Waals surface area contributed by atoms with Crippen molar-refractivity contribution in [2.45, 2.75) is 46.1 Å². The third-order valence-corrected chi connectivity index (χ3v) is 5.59. The van der Waals surface area contributed by atoms with Gasteiger partial charge in [-0.1, -0.05) is 0 Å². The van der Waals surface area contributed by atoms with Gasteiger partial charge in [-0.3, -0.25) is 9.59 Å². The molecular weight excluding hydrogens is 371 g/mol. The number of benzene rings is 1. The third-order valence-electron chi connectivity index (χ3n) is 5.59. The van der Waals surface area contributed by atoms with Gasteiger partial charge >= 0.3 is 0 Å². The SMILES string of the molecule is CCN(CC)C(=O)CCCC(=O)NC(C)c1cc(F)ccc1N1CCN(C)CC1. The molecule has 1 unspecified atom stereocenters. The van der Waals surface area contributed by atoms with E-state index in [0.717, 1.165) is 37.4 Å². The van der Waals surface area contributed by atoms with Crippen LogP contribution in [0.4, 0.5) is 10.1 Å². The van der Waals surface area contributed by atoms with E-state index >= 15 is 0 Å². The van der Waals surface area contributed by atoms with Crippen LogP contribution in [-0.2, 0) is 9.59 Å². The largest absolute Gasteiger partial charge is 0.369 e. The molecule has 0 bridgehead atoms. The lowest BCUT2D eigenvalue weighted by Crippen LogP contribution is -2.45. The molecule has 0 spiro atoms. The molecule has 1 saturated heterocycles. The summed E-state index contributed by atoms with van der Waals surface area (Å²) in [5.41, 5.74) is 1.77. The van der Waals surface area contributed by atoms with E-state index < -0.39 is 0 Å². The number of hydrogen-bond donors (Lipinski definition) is 1. The molecule has 0 aromatic heterocycles. The minimum absolute atomic E-state index is 0.0818. The molecule has 1 aromatic rings. The molecule has 7 heteroatoms. The van der Waals surface area contributed by atoms with E-state index in [4.69, 9.17) is 0 Å². The average Bonchev–Trinajstić information content (AvgIpc) is 2.69. The van der Waals surface area contributed by atoms with E-state index in [-0.39, 0.29) is 30.1 Å². The van der Waals surface area contributed by atoms with Gasteiger partial charge in [-0.25, -0.2) is 4.39 Å². The second kappa shape index (κ2) is 11.1. The fourth-order valence-electron chi connectivity index (χ4n) is 3.73. The van der Waals surface area contributed by atoms with E-state index in [1.165, 1.54) is 12.1 Å². The first-order valence-electron chi connectivity index (χ1n) is 10.7. The summed E-state index contributed by atoms with van der Waals surface area (Å²) >= 11 is 0. The van der Waals surface area contributed by atoms with Crippen molar-refractivity contribution >= 4 is 17.5 Å². The quantitative estimate of drug-likeness (QED) is 0.685.